The van der Waals surface area contributed by atoms with E-state index < -0.39 is 16.8 Å². The van der Waals surface area contributed by atoms with Crippen LogP contribution in [0.25, 0.3) is 16.9 Å². The number of carbonyl (C=O) groups excluding carboxylic acids is 1. The lowest BCUT2D eigenvalue weighted by molar-refractivity contribution is 0.0518. The Hall–Kier alpha value is -2.77. The van der Waals surface area contributed by atoms with Crippen LogP contribution < -0.4 is 5.73 Å². The van der Waals surface area contributed by atoms with Crippen molar-refractivity contribution in [3.8, 4) is 16.9 Å². The van der Waals surface area contributed by atoms with Gasteiger partial charge >= 0.3 is 5.97 Å². The molecule has 1 atom stereocenters. The van der Waals surface area contributed by atoms with E-state index in [0.717, 1.165) is 27.4 Å². The van der Waals surface area contributed by atoms with E-state index in [0.29, 0.717) is 12.1 Å². The molecule has 0 saturated carbocycles. The number of esters is 1. The number of nitrogens with two attached hydrogens (primary N) is 1. The van der Waals surface area contributed by atoms with E-state index in [1.165, 1.54) is 0 Å². The van der Waals surface area contributed by atoms with Crippen LogP contribution in [0.3, 0.4) is 0 Å². The van der Waals surface area contributed by atoms with Crippen molar-refractivity contribution in [1.29, 1.82) is 0 Å². The maximum Gasteiger partial charge on any atom is 0.359 e. The summed E-state index contributed by atoms with van der Waals surface area (Å²) in [6, 6.07) is 15.2. The molecule has 0 aliphatic carbocycles. The number of hydrogen-bond donors (Lipinski definition) is 1. The highest BCUT2D eigenvalue weighted by atomic mass is 32.2. The first-order valence-electron chi connectivity index (χ1n) is 8.70. The van der Waals surface area contributed by atoms with Gasteiger partial charge < -0.3 is 10.5 Å². The van der Waals surface area contributed by atoms with Crippen LogP contribution in [0.4, 0.5) is 0 Å². The molecule has 4 rings (SSSR count). The van der Waals surface area contributed by atoms with Gasteiger partial charge in [-0.05, 0) is 30.7 Å². The number of carbonyl (C=O) groups is 1. The van der Waals surface area contributed by atoms with Crippen LogP contribution in [0.1, 0.15) is 28.5 Å². The summed E-state index contributed by atoms with van der Waals surface area (Å²) >= 11 is 0. The maximum absolute atomic E-state index is 12.7. The van der Waals surface area contributed by atoms with E-state index in [-0.39, 0.29) is 18.1 Å². The lowest BCUT2D eigenvalue weighted by Crippen LogP contribution is -2.12. The fraction of sp³-hybridized carbons (Fsp3) is 0.200. The zero-order valence-corrected chi connectivity index (χ0v) is 15.7. The van der Waals surface area contributed by atoms with E-state index in [4.69, 9.17) is 10.5 Å². The Morgan fingerprint density at radius 1 is 1.22 bits per heavy atom. The second-order valence-corrected chi connectivity index (χ2v) is 7.58. The van der Waals surface area contributed by atoms with Crippen LogP contribution >= 0.6 is 0 Å². The van der Waals surface area contributed by atoms with Gasteiger partial charge in [-0.2, -0.15) is 5.10 Å². The molecule has 0 spiro atoms. The van der Waals surface area contributed by atoms with Crippen molar-refractivity contribution < 1.29 is 13.7 Å². The summed E-state index contributed by atoms with van der Waals surface area (Å²) in [5.74, 6) is -0.260. The molecular formula is C20H19N3O3S. The first-order chi connectivity index (χ1) is 13.1. The number of fused-ring (bicyclic) bond motifs is 3. The zero-order chi connectivity index (χ0) is 19.0. The fourth-order valence-corrected chi connectivity index (χ4v) is 4.59. The highest BCUT2D eigenvalue weighted by Crippen LogP contribution is 2.39. The minimum Gasteiger partial charge on any atom is -0.461 e. The van der Waals surface area contributed by atoms with E-state index in [1.807, 2.05) is 48.5 Å². The molecule has 7 heteroatoms. The van der Waals surface area contributed by atoms with Crippen LogP contribution in [0.5, 0.6) is 0 Å². The van der Waals surface area contributed by atoms with Gasteiger partial charge in [0.1, 0.15) is 0 Å². The van der Waals surface area contributed by atoms with E-state index in [2.05, 4.69) is 5.10 Å². The number of ether oxygens (including phenoxy) is 1. The Bertz CT molecular complexity index is 1040. The van der Waals surface area contributed by atoms with Gasteiger partial charge in [0.25, 0.3) is 0 Å². The number of nitrogens with zero attached hydrogens (tertiary/aromatic N) is 2. The second kappa shape index (κ2) is 7.09. The quantitative estimate of drug-likeness (QED) is 0.702. The predicted molar refractivity (Wildman–Crippen MR) is 103 cm³/mol. The van der Waals surface area contributed by atoms with E-state index in [9.17, 15) is 9.00 Å². The van der Waals surface area contributed by atoms with Crippen molar-refractivity contribution in [3.05, 3.63) is 65.4 Å². The molecule has 1 unspecified atom stereocenters. The Morgan fingerprint density at radius 3 is 2.67 bits per heavy atom. The molecule has 0 bridgehead atoms. The summed E-state index contributed by atoms with van der Waals surface area (Å²) in [6.07, 6.45) is 0. The zero-order valence-electron chi connectivity index (χ0n) is 14.8. The SMILES string of the molecule is CCOC(=O)c1nn(-c2ccc(CN)cc2)c2c1CS(=O)c1ccccc1-2. The van der Waals surface area contributed by atoms with Crippen molar-refractivity contribution in [1.82, 2.24) is 9.78 Å². The van der Waals surface area contributed by atoms with Gasteiger partial charge in [-0.1, -0.05) is 30.3 Å². The topological polar surface area (TPSA) is 87.2 Å². The van der Waals surface area contributed by atoms with Gasteiger partial charge in [0.2, 0.25) is 0 Å². The molecule has 0 amide bonds. The molecule has 2 heterocycles. The van der Waals surface area contributed by atoms with Crippen LogP contribution in [0.15, 0.2) is 53.4 Å². The Balaban J connectivity index is 1.96. The molecule has 0 radical (unpaired) electrons. The first-order valence-corrected chi connectivity index (χ1v) is 10.0. The third-order valence-corrected chi connectivity index (χ3v) is 5.93. The molecule has 1 aliphatic rings. The Kier molecular flexibility index (Phi) is 4.63. The lowest BCUT2D eigenvalue weighted by Gasteiger charge is -2.18. The van der Waals surface area contributed by atoms with Crippen LogP contribution in [0, 0.1) is 0 Å². The van der Waals surface area contributed by atoms with Crippen molar-refractivity contribution in [3.63, 3.8) is 0 Å². The molecule has 1 aliphatic heterocycles. The number of aromatic nitrogens is 2. The van der Waals surface area contributed by atoms with Crippen molar-refractivity contribution in [2.24, 2.45) is 5.73 Å². The maximum atomic E-state index is 12.7. The Morgan fingerprint density at radius 2 is 1.96 bits per heavy atom. The molecular weight excluding hydrogens is 362 g/mol. The summed E-state index contributed by atoms with van der Waals surface area (Å²) in [5.41, 5.74) is 9.99. The molecule has 6 nitrogen and oxygen atoms in total. The van der Waals surface area contributed by atoms with Crippen molar-refractivity contribution in [2.45, 2.75) is 24.1 Å². The van der Waals surface area contributed by atoms with Gasteiger partial charge in [0.15, 0.2) is 5.69 Å². The summed E-state index contributed by atoms with van der Waals surface area (Å²) < 4.78 is 19.6. The molecule has 1 aromatic heterocycles. The van der Waals surface area contributed by atoms with Crippen molar-refractivity contribution in [2.75, 3.05) is 6.61 Å². The smallest absolute Gasteiger partial charge is 0.359 e. The van der Waals surface area contributed by atoms with Crippen molar-refractivity contribution >= 4 is 16.8 Å². The highest BCUT2D eigenvalue weighted by Gasteiger charge is 2.32. The van der Waals surface area contributed by atoms with Gasteiger partial charge in [-0.3, -0.25) is 4.21 Å². The second-order valence-electron chi connectivity index (χ2n) is 6.16. The van der Waals surface area contributed by atoms with E-state index in [1.54, 1.807) is 11.6 Å². The highest BCUT2D eigenvalue weighted by molar-refractivity contribution is 7.84. The summed E-state index contributed by atoms with van der Waals surface area (Å²) in [4.78, 5) is 13.2. The molecule has 2 N–H and O–H groups in total. The van der Waals surface area contributed by atoms with Gasteiger partial charge in [-0.15, -0.1) is 0 Å². The van der Waals surface area contributed by atoms with Gasteiger partial charge in [0, 0.05) is 22.6 Å². The van der Waals surface area contributed by atoms with E-state index >= 15 is 0 Å². The number of benzene rings is 2. The van der Waals surface area contributed by atoms with Gasteiger partial charge in [0.05, 0.1) is 34.5 Å². The third-order valence-electron chi connectivity index (χ3n) is 4.53. The molecule has 0 fully saturated rings. The molecule has 3 aromatic rings. The summed E-state index contributed by atoms with van der Waals surface area (Å²) in [7, 11) is -1.23. The molecule has 27 heavy (non-hydrogen) atoms. The van der Waals surface area contributed by atoms with Crippen LogP contribution in [-0.2, 0) is 27.8 Å². The molecule has 2 aromatic carbocycles. The number of rotatable bonds is 4. The molecule has 138 valence electrons. The van der Waals surface area contributed by atoms with Crippen LogP contribution in [-0.4, -0.2) is 26.6 Å². The lowest BCUT2D eigenvalue weighted by atomic mass is 10.1. The third kappa shape index (κ3) is 2.98. The minimum absolute atomic E-state index is 0.220. The standard InChI is InChI=1S/C20H19N3O3S/c1-2-26-20(24)18-16-12-27(25)17-6-4-3-5-15(17)19(16)23(22-18)14-9-7-13(11-21)8-10-14/h3-10H,2,11-12,21H2,1H3. The average molecular weight is 381 g/mol. The normalized spacial score (nSPS) is 15.1. The Labute approximate surface area is 159 Å². The summed E-state index contributed by atoms with van der Waals surface area (Å²) in [5, 5.41) is 4.55. The first kappa shape index (κ1) is 17.6. The van der Waals surface area contributed by atoms with Crippen LogP contribution in [0.2, 0.25) is 0 Å². The monoisotopic (exact) mass is 381 g/mol. The average Bonchev–Trinajstić information content (AvgIpc) is 3.08. The molecule has 0 saturated heterocycles. The number of hydrogen-bond acceptors (Lipinski definition) is 5. The largest absolute Gasteiger partial charge is 0.461 e. The fourth-order valence-electron chi connectivity index (χ4n) is 3.26. The minimum atomic E-state index is -1.23. The summed E-state index contributed by atoms with van der Waals surface area (Å²) in [6.45, 7) is 2.46. The van der Waals surface area contributed by atoms with Gasteiger partial charge in [-0.25, -0.2) is 9.48 Å². The predicted octanol–water partition coefficient (Wildman–Crippen LogP) is 2.80.